The highest BCUT2D eigenvalue weighted by atomic mass is 16.5. The molecule has 0 unspecified atom stereocenters. The molecule has 7 heteroatoms. The quantitative estimate of drug-likeness (QED) is 0.332. The summed E-state index contributed by atoms with van der Waals surface area (Å²) in [6, 6.07) is 3.16. The minimum atomic E-state index is -1.15. The van der Waals surface area contributed by atoms with E-state index in [9.17, 15) is 14.7 Å². The van der Waals surface area contributed by atoms with Crippen LogP contribution < -0.4 is 10.6 Å². The number of hydrogen-bond acceptors (Lipinski definition) is 4. The molecule has 114 valence electrons. The van der Waals surface area contributed by atoms with E-state index < -0.39 is 12.0 Å². The maximum absolute atomic E-state index is 11.6. The van der Waals surface area contributed by atoms with E-state index in [1.165, 1.54) is 12.1 Å². The first-order valence-electron chi connectivity index (χ1n) is 6.34. The number of phenolic OH excluding ortho intramolecular Hbond substituents is 1. The van der Waals surface area contributed by atoms with E-state index in [1.54, 1.807) is 6.08 Å². The first-order chi connectivity index (χ1) is 10.0. The number of nitrogens with one attached hydrogen (secondary N) is 2. The third-order valence-electron chi connectivity index (χ3n) is 2.49. The number of carbonyl (C=O) groups excluding carboxylic acids is 1. The SMILES string of the molecule is C=CCCOCCNC(=O)Nc1ccc(C(=O)O)cc1O. The Bertz CT molecular complexity index is 516. The number of phenols is 1. The Kier molecular flexibility index (Phi) is 6.76. The molecule has 0 atom stereocenters. The van der Waals surface area contributed by atoms with Crippen molar-refractivity contribution in [2.45, 2.75) is 6.42 Å². The van der Waals surface area contributed by atoms with E-state index in [0.29, 0.717) is 19.8 Å². The van der Waals surface area contributed by atoms with E-state index in [0.717, 1.165) is 12.5 Å². The molecule has 0 heterocycles. The van der Waals surface area contributed by atoms with Crippen LogP contribution >= 0.6 is 0 Å². The molecule has 1 rings (SSSR count). The van der Waals surface area contributed by atoms with Gasteiger partial charge in [-0.3, -0.25) is 0 Å². The number of hydrogen-bond donors (Lipinski definition) is 4. The molecule has 0 spiro atoms. The molecule has 7 nitrogen and oxygen atoms in total. The molecule has 21 heavy (non-hydrogen) atoms. The van der Waals surface area contributed by atoms with E-state index in [2.05, 4.69) is 17.2 Å². The zero-order valence-electron chi connectivity index (χ0n) is 11.5. The van der Waals surface area contributed by atoms with Crippen LogP contribution in [0.5, 0.6) is 5.75 Å². The fourth-order valence-electron chi connectivity index (χ4n) is 1.44. The van der Waals surface area contributed by atoms with Crippen LogP contribution in [0.2, 0.25) is 0 Å². The number of aromatic carboxylic acids is 1. The summed E-state index contributed by atoms with van der Waals surface area (Å²) in [5, 5.41) is 23.3. The Labute approximate surface area is 122 Å². The first kappa shape index (κ1) is 16.5. The molecule has 1 aromatic rings. The van der Waals surface area contributed by atoms with Crippen LogP contribution in [0.1, 0.15) is 16.8 Å². The van der Waals surface area contributed by atoms with Crippen molar-refractivity contribution in [2.75, 3.05) is 25.1 Å². The Balaban J connectivity index is 2.37. The lowest BCUT2D eigenvalue weighted by Gasteiger charge is -2.09. The molecule has 0 aliphatic carbocycles. The Morgan fingerprint density at radius 1 is 1.33 bits per heavy atom. The van der Waals surface area contributed by atoms with Crippen molar-refractivity contribution >= 4 is 17.7 Å². The highest BCUT2D eigenvalue weighted by Gasteiger charge is 2.09. The zero-order chi connectivity index (χ0) is 15.7. The number of benzene rings is 1. The second kappa shape index (κ2) is 8.60. The van der Waals surface area contributed by atoms with Crippen LogP contribution in [0.4, 0.5) is 10.5 Å². The molecule has 4 N–H and O–H groups in total. The summed E-state index contributed by atoms with van der Waals surface area (Å²) in [6.45, 7) is 4.79. The molecule has 0 saturated carbocycles. The highest BCUT2D eigenvalue weighted by molar-refractivity contribution is 5.93. The number of carbonyl (C=O) groups is 2. The summed E-state index contributed by atoms with van der Waals surface area (Å²) in [5.41, 5.74) is 0.0687. The van der Waals surface area contributed by atoms with Gasteiger partial charge in [-0.15, -0.1) is 6.58 Å². The maximum atomic E-state index is 11.6. The summed E-state index contributed by atoms with van der Waals surface area (Å²) in [7, 11) is 0. The van der Waals surface area contributed by atoms with Gasteiger partial charge in [0.25, 0.3) is 0 Å². The third-order valence-corrected chi connectivity index (χ3v) is 2.49. The van der Waals surface area contributed by atoms with Gasteiger partial charge in [0.05, 0.1) is 24.5 Å². The molecule has 0 radical (unpaired) electrons. The van der Waals surface area contributed by atoms with Gasteiger partial charge in [-0.05, 0) is 24.6 Å². The van der Waals surface area contributed by atoms with Crippen LogP contribution in [-0.2, 0) is 4.74 Å². The number of rotatable bonds is 8. The van der Waals surface area contributed by atoms with Gasteiger partial charge < -0.3 is 25.6 Å². The van der Waals surface area contributed by atoms with Crippen molar-refractivity contribution in [3.8, 4) is 5.75 Å². The molecule has 2 amide bonds. The van der Waals surface area contributed by atoms with Crippen molar-refractivity contribution in [2.24, 2.45) is 0 Å². The summed E-state index contributed by atoms with van der Waals surface area (Å²) >= 11 is 0. The number of urea groups is 1. The predicted molar refractivity (Wildman–Crippen MR) is 77.7 cm³/mol. The topological polar surface area (TPSA) is 108 Å². The summed E-state index contributed by atoms with van der Waals surface area (Å²) in [5.74, 6) is -1.47. The Hall–Kier alpha value is -2.54. The van der Waals surface area contributed by atoms with Crippen LogP contribution in [0.25, 0.3) is 0 Å². The number of carboxylic acid groups (broad SMARTS) is 1. The van der Waals surface area contributed by atoms with E-state index in [-0.39, 0.29) is 17.0 Å². The number of carboxylic acids is 1. The van der Waals surface area contributed by atoms with Gasteiger partial charge in [0.1, 0.15) is 5.75 Å². The average molecular weight is 294 g/mol. The smallest absolute Gasteiger partial charge is 0.335 e. The molecule has 0 aliphatic rings. The van der Waals surface area contributed by atoms with Crippen molar-refractivity contribution in [3.05, 3.63) is 36.4 Å². The Morgan fingerprint density at radius 2 is 2.10 bits per heavy atom. The average Bonchev–Trinajstić information content (AvgIpc) is 2.44. The number of ether oxygens (including phenoxy) is 1. The van der Waals surface area contributed by atoms with Crippen molar-refractivity contribution in [3.63, 3.8) is 0 Å². The molecule has 0 saturated heterocycles. The lowest BCUT2D eigenvalue weighted by atomic mass is 10.2. The lowest BCUT2D eigenvalue weighted by molar-refractivity contribution is 0.0696. The molecule has 0 bridgehead atoms. The third kappa shape index (κ3) is 5.96. The van der Waals surface area contributed by atoms with Crippen molar-refractivity contribution in [1.82, 2.24) is 5.32 Å². The molecule has 0 aromatic heterocycles. The summed E-state index contributed by atoms with van der Waals surface area (Å²) in [6.07, 6.45) is 2.49. The van der Waals surface area contributed by atoms with Crippen LogP contribution in [-0.4, -0.2) is 42.0 Å². The van der Waals surface area contributed by atoms with Crippen molar-refractivity contribution < 1.29 is 24.5 Å². The fraction of sp³-hybridized carbons (Fsp3) is 0.286. The fourth-order valence-corrected chi connectivity index (χ4v) is 1.44. The van der Waals surface area contributed by atoms with Crippen LogP contribution in [0.3, 0.4) is 0 Å². The molecule has 1 aromatic carbocycles. The van der Waals surface area contributed by atoms with Crippen molar-refractivity contribution in [1.29, 1.82) is 0 Å². The van der Waals surface area contributed by atoms with E-state index in [4.69, 9.17) is 9.84 Å². The molecule has 0 fully saturated rings. The lowest BCUT2D eigenvalue weighted by Crippen LogP contribution is -2.31. The van der Waals surface area contributed by atoms with Gasteiger partial charge in [0, 0.05) is 6.54 Å². The molecular weight excluding hydrogens is 276 g/mol. The second-order valence-corrected chi connectivity index (χ2v) is 4.11. The normalized spacial score (nSPS) is 9.90. The van der Waals surface area contributed by atoms with E-state index >= 15 is 0 Å². The minimum absolute atomic E-state index is 0.0610. The highest BCUT2D eigenvalue weighted by Crippen LogP contribution is 2.24. The largest absolute Gasteiger partial charge is 0.506 e. The van der Waals surface area contributed by atoms with Gasteiger partial charge >= 0.3 is 12.0 Å². The zero-order valence-corrected chi connectivity index (χ0v) is 11.5. The monoisotopic (exact) mass is 294 g/mol. The van der Waals surface area contributed by atoms with Gasteiger partial charge in [-0.1, -0.05) is 6.08 Å². The predicted octanol–water partition coefficient (Wildman–Crippen LogP) is 1.80. The van der Waals surface area contributed by atoms with Gasteiger partial charge in [-0.2, -0.15) is 0 Å². The van der Waals surface area contributed by atoms with E-state index in [1.807, 2.05) is 0 Å². The van der Waals surface area contributed by atoms with Gasteiger partial charge in [0.15, 0.2) is 0 Å². The van der Waals surface area contributed by atoms with Crippen LogP contribution in [0, 0.1) is 0 Å². The maximum Gasteiger partial charge on any atom is 0.335 e. The minimum Gasteiger partial charge on any atom is -0.506 e. The Morgan fingerprint density at radius 3 is 2.71 bits per heavy atom. The standard InChI is InChI=1S/C14H18N2O5/c1-2-3-7-21-8-6-15-14(20)16-11-5-4-10(13(18)19)9-12(11)17/h2,4-5,9,17H,1,3,6-8H2,(H,18,19)(H2,15,16,20). The number of amides is 2. The molecular formula is C14H18N2O5. The second-order valence-electron chi connectivity index (χ2n) is 4.11. The summed E-state index contributed by atoms with van der Waals surface area (Å²) < 4.78 is 5.21. The first-order valence-corrected chi connectivity index (χ1v) is 6.34. The number of aromatic hydroxyl groups is 1. The number of anilines is 1. The summed E-state index contributed by atoms with van der Waals surface area (Å²) in [4.78, 5) is 22.3. The molecule has 0 aliphatic heterocycles. The van der Waals surface area contributed by atoms with Gasteiger partial charge in [-0.25, -0.2) is 9.59 Å². The van der Waals surface area contributed by atoms with Gasteiger partial charge in [0.2, 0.25) is 0 Å². The van der Waals surface area contributed by atoms with Crippen LogP contribution in [0.15, 0.2) is 30.9 Å².